The van der Waals surface area contributed by atoms with Gasteiger partial charge in [-0.2, -0.15) is 0 Å². The first-order valence-electron chi connectivity index (χ1n) is 6.86. The quantitative estimate of drug-likeness (QED) is 0.864. The van der Waals surface area contributed by atoms with Crippen LogP contribution in [0.2, 0.25) is 0 Å². The fourth-order valence-electron chi connectivity index (χ4n) is 2.03. The molecule has 20 heavy (non-hydrogen) atoms. The van der Waals surface area contributed by atoms with Crippen molar-refractivity contribution in [2.75, 3.05) is 6.54 Å². The minimum Gasteiger partial charge on any atom is -0.489 e. The van der Waals surface area contributed by atoms with Crippen molar-refractivity contribution in [2.45, 2.75) is 27.0 Å². The fourth-order valence-corrected chi connectivity index (χ4v) is 2.03. The predicted molar refractivity (Wildman–Crippen MR) is 79.3 cm³/mol. The Labute approximate surface area is 119 Å². The normalized spacial score (nSPS) is 10.6. The molecule has 2 aromatic carbocycles. The van der Waals surface area contributed by atoms with Crippen molar-refractivity contribution in [1.29, 1.82) is 0 Å². The van der Waals surface area contributed by atoms with Crippen LogP contribution in [0.25, 0.3) is 0 Å². The summed E-state index contributed by atoms with van der Waals surface area (Å²) >= 11 is 0. The molecule has 0 heterocycles. The van der Waals surface area contributed by atoms with Gasteiger partial charge in [0.2, 0.25) is 0 Å². The molecule has 2 nitrogen and oxygen atoms in total. The second-order valence-corrected chi connectivity index (χ2v) is 4.80. The second-order valence-electron chi connectivity index (χ2n) is 4.80. The van der Waals surface area contributed by atoms with E-state index in [1.807, 2.05) is 19.1 Å². The highest BCUT2D eigenvalue weighted by molar-refractivity contribution is 5.33. The topological polar surface area (TPSA) is 21.3 Å². The highest BCUT2D eigenvalue weighted by Gasteiger charge is 2.02. The SMILES string of the molecule is CCNCc1cccc(COc2ccc(F)cc2C)c1. The van der Waals surface area contributed by atoms with Gasteiger partial charge in [-0.1, -0.05) is 31.2 Å². The third-order valence-electron chi connectivity index (χ3n) is 3.10. The first-order chi connectivity index (χ1) is 9.69. The molecule has 0 spiro atoms. The summed E-state index contributed by atoms with van der Waals surface area (Å²) in [6.07, 6.45) is 0. The number of halogens is 1. The molecule has 0 saturated heterocycles. The van der Waals surface area contributed by atoms with Crippen molar-refractivity contribution in [3.05, 3.63) is 65.0 Å². The lowest BCUT2D eigenvalue weighted by atomic mass is 10.1. The van der Waals surface area contributed by atoms with E-state index in [9.17, 15) is 4.39 Å². The van der Waals surface area contributed by atoms with Crippen LogP contribution in [0.4, 0.5) is 4.39 Å². The van der Waals surface area contributed by atoms with E-state index in [0.29, 0.717) is 6.61 Å². The van der Waals surface area contributed by atoms with E-state index >= 15 is 0 Å². The van der Waals surface area contributed by atoms with Crippen LogP contribution < -0.4 is 10.1 Å². The molecule has 0 saturated carbocycles. The third-order valence-corrected chi connectivity index (χ3v) is 3.10. The molecule has 0 fully saturated rings. The average molecular weight is 273 g/mol. The molecule has 0 aromatic heterocycles. The van der Waals surface area contributed by atoms with Gasteiger partial charge in [0.05, 0.1) is 0 Å². The summed E-state index contributed by atoms with van der Waals surface area (Å²) in [4.78, 5) is 0. The maximum absolute atomic E-state index is 13.0. The first kappa shape index (κ1) is 14.5. The predicted octanol–water partition coefficient (Wildman–Crippen LogP) is 3.82. The van der Waals surface area contributed by atoms with Gasteiger partial charge in [-0.25, -0.2) is 4.39 Å². The molecule has 0 aliphatic heterocycles. The molecule has 0 unspecified atom stereocenters. The Morgan fingerprint density at radius 3 is 2.65 bits per heavy atom. The van der Waals surface area contributed by atoms with Crippen LogP contribution in [0.15, 0.2) is 42.5 Å². The summed E-state index contributed by atoms with van der Waals surface area (Å²) in [6, 6.07) is 12.9. The largest absolute Gasteiger partial charge is 0.489 e. The third kappa shape index (κ3) is 4.07. The van der Waals surface area contributed by atoms with Crippen LogP contribution in [0, 0.1) is 12.7 Å². The highest BCUT2D eigenvalue weighted by atomic mass is 19.1. The van der Waals surface area contributed by atoms with Crippen LogP contribution in [-0.4, -0.2) is 6.54 Å². The fraction of sp³-hybridized carbons (Fsp3) is 0.294. The van der Waals surface area contributed by atoms with Crippen LogP contribution in [-0.2, 0) is 13.2 Å². The molecule has 0 amide bonds. The molecular formula is C17H20FNO. The van der Waals surface area contributed by atoms with E-state index in [1.165, 1.54) is 17.7 Å². The summed E-state index contributed by atoms with van der Waals surface area (Å²) in [7, 11) is 0. The summed E-state index contributed by atoms with van der Waals surface area (Å²) < 4.78 is 18.8. The van der Waals surface area contributed by atoms with Crippen LogP contribution >= 0.6 is 0 Å². The lowest BCUT2D eigenvalue weighted by Gasteiger charge is -2.10. The molecular weight excluding hydrogens is 253 g/mol. The number of aryl methyl sites for hydroxylation is 1. The number of rotatable bonds is 6. The number of nitrogens with one attached hydrogen (secondary N) is 1. The molecule has 0 bridgehead atoms. The average Bonchev–Trinajstić information content (AvgIpc) is 2.45. The molecule has 0 atom stereocenters. The van der Waals surface area contributed by atoms with Gasteiger partial charge in [0.1, 0.15) is 18.2 Å². The molecule has 2 rings (SSSR count). The van der Waals surface area contributed by atoms with Gasteiger partial charge < -0.3 is 10.1 Å². The van der Waals surface area contributed by atoms with Crippen molar-refractivity contribution in [2.24, 2.45) is 0 Å². The minimum atomic E-state index is -0.234. The zero-order valence-electron chi connectivity index (χ0n) is 11.9. The monoisotopic (exact) mass is 273 g/mol. The van der Waals surface area contributed by atoms with Gasteiger partial charge in [-0.3, -0.25) is 0 Å². The summed E-state index contributed by atoms with van der Waals surface area (Å²) in [5, 5.41) is 3.30. The smallest absolute Gasteiger partial charge is 0.123 e. The summed E-state index contributed by atoms with van der Waals surface area (Å²) in [5.74, 6) is 0.492. The number of hydrogen-bond acceptors (Lipinski definition) is 2. The van der Waals surface area contributed by atoms with Crippen LogP contribution in [0.5, 0.6) is 5.75 Å². The molecule has 0 aliphatic rings. The maximum atomic E-state index is 13.0. The van der Waals surface area contributed by atoms with Crippen LogP contribution in [0.3, 0.4) is 0 Å². The summed E-state index contributed by atoms with van der Waals surface area (Å²) in [5.41, 5.74) is 3.17. The Bertz CT molecular complexity index is 569. The maximum Gasteiger partial charge on any atom is 0.123 e. The van der Waals surface area contributed by atoms with Crippen molar-refractivity contribution >= 4 is 0 Å². The second kappa shape index (κ2) is 7.06. The highest BCUT2D eigenvalue weighted by Crippen LogP contribution is 2.20. The molecule has 1 N–H and O–H groups in total. The molecule has 0 aliphatic carbocycles. The lowest BCUT2D eigenvalue weighted by Crippen LogP contribution is -2.11. The van der Waals surface area contributed by atoms with E-state index in [2.05, 4.69) is 24.4 Å². The Balaban J connectivity index is 1.99. The van der Waals surface area contributed by atoms with Gasteiger partial charge in [-0.05, 0) is 48.4 Å². The Kier molecular flexibility index (Phi) is 5.13. The van der Waals surface area contributed by atoms with E-state index in [-0.39, 0.29) is 5.82 Å². The summed E-state index contributed by atoms with van der Waals surface area (Å²) in [6.45, 7) is 6.24. The zero-order chi connectivity index (χ0) is 14.4. The Morgan fingerprint density at radius 2 is 1.90 bits per heavy atom. The van der Waals surface area contributed by atoms with Crippen LogP contribution in [0.1, 0.15) is 23.6 Å². The van der Waals surface area contributed by atoms with E-state index in [1.54, 1.807) is 6.07 Å². The number of benzene rings is 2. The van der Waals surface area contributed by atoms with E-state index in [4.69, 9.17) is 4.74 Å². The molecule has 3 heteroatoms. The van der Waals surface area contributed by atoms with Crippen molar-refractivity contribution in [3.8, 4) is 5.75 Å². The molecule has 106 valence electrons. The Morgan fingerprint density at radius 1 is 1.10 bits per heavy atom. The van der Waals surface area contributed by atoms with Crippen molar-refractivity contribution in [3.63, 3.8) is 0 Å². The van der Waals surface area contributed by atoms with Crippen molar-refractivity contribution < 1.29 is 9.13 Å². The van der Waals surface area contributed by atoms with Gasteiger partial charge in [0.15, 0.2) is 0 Å². The first-order valence-corrected chi connectivity index (χ1v) is 6.86. The van der Waals surface area contributed by atoms with Crippen molar-refractivity contribution in [1.82, 2.24) is 5.32 Å². The number of hydrogen-bond donors (Lipinski definition) is 1. The standard InChI is InChI=1S/C17H20FNO/c1-3-19-11-14-5-4-6-15(10-14)12-20-17-8-7-16(18)9-13(17)2/h4-10,19H,3,11-12H2,1-2H3. The van der Waals surface area contributed by atoms with Gasteiger partial charge in [-0.15, -0.1) is 0 Å². The lowest BCUT2D eigenvalue weighted by molar-refractivity contribution is 0.303. The zero-order valence-corrected chi connectivity index (χ0v) is 11.9. The van der Waals surface area contributed by atoms with Gasteiger partial charge in [0, 0.05) is 6.54 Å². The minimum absolute atomic E-state index is 0.234. The molecule has 0 radical (unpaired) electrons. The number of ether oxygens (including phenoxy) is 1. The van der Waals surface area contributed by atoms with Gasteiger partial charge in [0.25, 0.3) is 0 Å². The van der Waals surface area contributed by atoms with E-state index < -0.39 is 0 Å². The van der Waals surface area contributed by atoms with E-state index in [0.717, 1.165) is 30.0 Å². The van der Waals surface area contributed by atoms with Gasteiger partial charge >= 0.3 is 0 Å². The Hall–Kier alpha value is -1.87. The molecule has 2 aromatic rings.